The topological polar surface area (TPSA) is 72.5 Å². The normalized spacial score (nSPS) is 10.3. The van der Waals surface area contributed by atoms with Crippen LogP contribution in [-0.2, 0) is 6.42 Å². The Morgan fingerprint density at radius 1 is 1.00 bits per heavy atom. The average molecular weight is 391 g/mol. The van der Waals surface area contributed by atoms with Crippen molar-refractivity contribution in [2.45, 2.75) is 13.3 Å². The smallest absolute Gasteiger partial charge is 0.252 e. The summed E-state index contributed by atoms with van der Waals surface area (Å²) in [5.74, 6) is 2.07. The summed E-state index contributed by atoms with van der Waals surface area (Å²) < 4.78 is 10.9. The van der Waals surface area contributed by atoms with Gasteiger partial charge in [0.05, 0.1) is 25.0 Å². The lowest BCUT2D eigenvalue weighted by Crippen LogP contribution is -2.25. The van der Waals surface area contributed by atoms with Crippen molar-refractivity contribution in [2.24, 2.45) is 0 Å². The number of methoxy groups -OCH3 is 1. The van der Waals surface area contributed by atoms with E-state index in [1.165, 1.54) is 0 Å². The molecule has 1 aromatic heterocycles. The van der Waals surface area contributed by atoms with Crippen LogP contribution in [0.25, 0.3) is 0 Å². The Bertz CT molecular complexity index is 942. The molecule has 6 nitrogen and oxygen atoms in total. The summed E-state index contributed by atoms with van der Waals surface area (Å²) in [6.07, 6.45) is 2.25. The van der Waals surface area contributed by atoms with Gasteiger partial charge >= 0.3 is 0 Å². The molecular formula is C23H25N3O3. The Kier molecular flexibility index (Phi) is 7.05. The monoisotopic (exact) mass is 391 g/mol. The Morgan fingerprint density at radius 2 is 1.76 bits per heavy atom. The molecule has 150 valence electrons. The SMILES string of the molecule is CCOc1ccccc1Nc1ccc(C(=O)NCCc2ccccc2OC)cn1. The number of nitrogens with zero attached hydrogens (tertiary/aromatic N) is 1. The Morgan fingerprint density at radius 3 is 2.48 bits per heavy atom. The van der Waals surface area contributed by atoms with Crippen LogP contribution >= 0.6 is 0 Å². The number of hydrogen-bond acceptors (Lipinski definition) is 5. The molecule has 0 fully saturated rings. The van der Waals surface area contributed by atoms with Crippen molar-refractivity contribution in [2.75, 3.05) is 25.6 Å². The number of rotatable bonds is 9. The lowest BCUT2D eigenvalue weighted by atomic mass is 10.1. The molecule has 0 aliphatic rings. The quantitative estimate of drug-likeness (QED) is 0.572. The van der Waals surface area contributed by atoms with Gasteiger partial charge in [-0.05, 0) is 49.2 Å². The summed E-state index contributed by atoms with van der Waals surface area (Å²) in [7, 11) is 1.64. The molecule has 3 rings (SSSR count). The number of anilines is 2. The third-order valence-electron chi connectivity index (χ3n) is 4.35. The molecule has 2 N–H and O–H groups in total. The minimum atomic E-state index is -0.159. The minimum absolute atomic E-state index is 0.159. The standard InChI is InChI=1S/C23H25N3O3/c1-3-29-21-11-7-5-9-19(21)26-22-13-12-18(16-25-22)23(27)24-15-14-17-8-4-6-10-20(17)28-2/h4-13,16H,3,14-15H2,1-2H3,(H,24,27)(H,25,26). The zero-order valence-electron chi connectivity index (χ0n) is 16.6. The van der Waals surface area contributed by atoms with Crippen LogP contribution in [0.1, 0.15) is 22.8 Å². The van der Waals surface area contributed by atoms with Crippen LogP contribution in [0.15, 0.2) is 66.9 Å². The van der Waals surface area contributed by atoms with E-state index in [1.54, 1.807) is 25.4 Å². The molecular weight excluding hydrogens is 366 g/mol. The van der Waals surface area contributed by atoms with Gasteiger partial charge in [-0.2, -0.15) is 0 Å². The highest BCUT2D eigenvalue weighted by Gasteiger charge is 2.08. The summed E-state index contributed by atoms with van der Waals surface area (Å²) in [6, 6.07) is 19.0. The summed E-state index contributed by atoms with van der Waals surface area (Å²) in [4.78, 5) is 16.7. The Labute approximate surface area is 170 Å². The number of benzene rings is 2. The molecule has 0 unspecified atom stereocenters. The van der Waals surface area contributed by atoms with Gasteiger partial charge in [-0.3, -0.25) is 4.79 Å². The van der Waals surface area contributed by atoms with Gasteiger partial charge in [-0.15, -0.1) is 0 Å². The highest BCUT2D eigenvalue weighted by atomic mass is 16.5. The maximum atomic E-state index is 12.4. The number of ether oxygens (including phenoxy) is 2. The first-order valence-electron chi connectivity index (χ1n) is 9.56. The van der Waals surface area contributed by atoms with Gasteiger partial charge < -0.3 is 20.1 Å². The summed E-state index contributed by atoms with van der Waals surface area (Å²) >= 11 is 0. The van der Waals surface area contributed by atoms with Crippen molar-refractivity contribution in [1.29, 1.82) is 0 Å². The fourth-order valence-corrected chi connectivity index (χ4v) is 2.91. The second kappa shape index (κ2) is 10.1. The molecule has 0 spiro atoms. The molecule has 6 heteroatoms. The number of carbonyl (C=O) groups is 1. The number of aromatic nitrogens is 1. The first-order chi connectivity index (χ1) is 14.2. The van der Waals surface area contributed by atoms with E-state index in [2.05, 4.69) is 15.6 Å². The number of nitrogens with one attached hydrogen (secondary N) is 2. The largest absolute Gasteiger partial charge is 0.496 e. The van der Waals surface area contributed by atoms with Crippen LogP contribution in [0.2, 0.25) is 0 Å². The van der Waals surface area contributed by atoms with E-state index in [1.807, 2.05) is 55.5 Å². The highest BCUT2D eigenvalue weighted by molar-refractivity contribution is 5.94. The molecule has 0 aliphatic carbocycles. The fraction of sp³-hybridized carbons (Fsp3) is 0.217. The molecule has 1 amide bonds. The molecule has 0 atom stereocenters. The van der Waals surface area contributed by atoms with Crippen molar-refractivity contribution in [1.82, 2.24) is 10.3 Å². The summed E-state index contributed by atoms with van der Waals surface area (Å²) in [5, 5.41) is 6.14. The Hall–Kier alpha value is -3.54. The zero-order valence-corrected chi connectivity index (χ0v) is 16.6. The van der Waals surface area contributed by atoms with Gasteiger partial charge in [0.15, 0.2) is 0 Å². The maximum absolute atomic E-state index is 12.4. The van der Waals surface area contributed by atoms with Crippen LogP contribution in [0.4, 0.5) is 11.5 Å². The van der Waals surface area contributed by atoms with Gasteiger partial charge in [0, 0.05) is 12.7 Å². The first kappa shape index (κ1) is 20.2. The number of pyridine rings is 1. The maximum Gasteiger partial charge on any atom is 0.252 e. The van der Waals surface area contributed by atoms with E-state index in [4.69, 9.17) is 9.47 Å². The van der Waals surface area contributed by atoms with E-state index in [0.29, 0.717) is 31.0 Å². The molecule has 1 heterocycles. The average Bonchev–Trinajstić information content (AvgIpc) is 2.76. The molecule has 0 saturated heterocycles. The second-order valence-electron chi connectivity index (χ2n) is 6.30. The number of hydrogen-bond donors (Lipinski definition) is 2. The zero-order chi connectivity index (χ0) is 20.5. The van der Waals surface area contributed by atoms with Crippen molar-refractivity contribution in [3.63, 3.8) is 0 Å². The van der Waals surface area contributed by atoms with E-state index in [-0.39, 0.29) is 5.91 Å². The first-order valence-corrected chi connectivity index (χ1v) is 9.56. The van der Waals surface area contributed by atoms with Gasteiger partial charge in [-0.25, -0.2) is 4.98 Å². The van der Waals surface area contributed by atoms with Crippen LogP contribution in [0.3, 0.4) is 0 Å². The molecule has 29 heavy (non-hydrogen) atoms. The third kappa shape index (κ3) is 5.48. The second-order valence-corrected chi connectivity index (χ2v) is 6.30. The number of amides is 1. The lowest BCUT2D eigenvalue weighted by Gasteiger charge is -2.12. The van der Waals surface area contributed by atoms with E-state index >= 15 is 0 Å². The van der Waals surface area contributed by atoms with Crippen molar-refractivity contribution in [3.8, 4) is 11.5 Å². The van der Waals surface area contributed by atoms with Crippen molar-refractivity contribution >= 4 is 17.4 Å². The highest BCUT2D eigenvalue weighted by Crippen LogP contribution is 2.26. The lowest BCUT2D eigenvalue weighted by molar-refractivity contribution is 0.0953. The summed E-state index contributed by atoms with van der Waals surface area (Å²) in [5.41, 5.74) is 2.39. The van der Waals surface area contributed by atoms with E-state index < -0.39 is 0 Å². The van der Waals surface area contributed by atoms with Gasteiger partial charge in [0.1, 0.15) is 17.3 Å². The predicted octanol–water partition coefficient (Wildman–Crippen LogP) is 4.21. The number of carbonyl (C=O) groups excluding carboxylic acids is 1. The third-order valence-corrected chi connectivity index (χ3v) is 4.35. The molecule has 0 aliphatic heterocycles. The molecule has 0 bridgehead atoms. The predicted molar refractivity (Wildman–Crippen MR) is 114 cm³/mol. The molecule has 3 aromatic rings. The fourth-order valence-electron chi connectivity index (χ4n) is 2.91. The van der Waals surface area contributed by atoms with Crippen LogP contribution in [-0.4, -0.2) is 31.2 Å². The Balaban J connectivity index is 1.56. The molecule has 0 saturated carbocycles. The number of para-hydroxylation sites is 3. The summed E-state index contributed by atoms with van der Waals surface area (Å²) in [6.45, 7) is 3.04. The van der Waals surface area contributed by atoms with E-state index in [0.717, 1.165) is 22.7 Å². The van der Waals surface area contributed by atoms with Crippen LogP contribution in [0, 0.1) is 0 Å². The van der Waals surface area contributed by atoms with Crippen molar-refractivity contribution in [3.05, 3.63) is 78.0 Å². The van der Waals surface area contributed by atoms with Gasteiger partial charge in [-0.1, -0.05) is 30.3 Å². The minimum Gasteiger partial charge on any atom is -0.496 e. The van der Waals surface area contributed by atoms with E-state index in [9.17, 15) is 4.79 Å². The van der Waals surface area contributed by atoms with Crippen molar-refractivity contribution < 1.29 is 14.3 Å². The van der Waals surface area contributed by atoms with Crippen LogP contribution < -0.4 is 20.1 Å². The van der Waals surface area contributed by atoms with Gasteiger partial charge in [0.25, 0.3) is 5.91 Å². The van der Waals surface area contributed by atoms with Crippen LogP contribution in [0.5, 0.6) is 11.5 Å². The molecule has 2 aromatic carbocycles. The molecule has 0 radical (unpaired) electrons. The van der Waals surface area contributed by atoms with Gasteiger partial charge in [0.2, 0.25) is 0 Å².